The van der Waals surface area contributed by atoms with Crippen molar-refractivity contribution in [1.29, 1.82) is 0 Å². The van der Waals surface area contributed by atoms with E-state index in [0.717, 1.165) is 48.9 Å². The minimum absolute atomic E-state index is 0.313. The van der Waals surface area contributed by atoms with E-state index in [1.807, 2.05) is 17.6 Å². The largest absolute Gasteiger partial charge is 0.332 e. The van der Waals surface area contributed by atoms with E-state index in [-0.39, 0.29) is 11.2 Å². The molecule has 4 heterocycles. The van der Waals surface area contributed by atoms with Crippen molar-refractivity contribution in [2.45, 2.75) is 25.5 Å². The van der Waals surface area contributed by atoms with Crippen LogP contribution in [0.2, 0.25) is 0 Å². The van der Waals surface area contributed by atoms with Gasteiger partial charge in [0.1, 0.15) is 0 Å². The highest BCUT2D eigenvalue weighted by Crippen LogP contribution is 2.22. The molecule has 0 aromatic carbocycles. The van der Waals surface area contributed by atoms with Gasteiger partial charge in [0, 0.05) is 38.3 Å². The number of piperazine rings is 1. The van der Waals surface area contributed by atoms with Gasteiger partial charge in [-0.05, 0) is 19.9 Å². The quantitative estimate of drug-likeness (QED) is 0.386. The van der Waals surface area contributed by atoms with Crippen molar-refractivity contribution in [3.63, 3.8) is 0 Å². The Morgan fingerprint density at radius 2 is 1.87 bits per heavy atom. The number of imidazole rings is 1. The number of fused-ring (bicyclic) bond motifs is 1. The molecule has 0 bridgehead atoms. The molecule has 1 N–H and O–H groups in total. The summed E-state index contributed by atoms with van der Waals surface area (Å²) in [4.78, 5) is 42.8. The zero-order chi connectivity index (χ0) is 22.1. The molecule has 0 aliphatic carbocycles. The summed E-state index contributed by atoms with van der Waals surface area (Å²) < 4.78 is 4.58. The van der Waals surface area contributed by atoms with E-state index in [1.165, 1.54) is 11.6 Å². The number of aryl methyl sites for hydroxylation is 3. The smallest absolute Gasteiger partial charge is 0.332 e. The Labute approximate surface area is 184 Å². The van der Waals surface area contributed by atoms with Gasteiger partial charge in [0.05, 0.1) is 32.7 Å². The van der Waals surface area contributed by atoms with Crippen LogP contribution >= 0.6 is 11.8 Å². The summed E-state index contributed by atoms with van der Waals surface area (Å²) in [5, 5.41) is 0.714. The van der Waals surface area contributed by atoms with Gasteiger partial charge in [0.15, 0.2) is 16.3 Å². The molecule has 1 saturated heterocycles. The fraction of sp³-hybridized carbons (Fsp3) is 0.550. The number of nitrogens with one attached hydrogen (secondary N) is 1. The number of anilines is 1. The number of nitrogens with zero attached hydrogens (tertiary/aromatic N) is 7. The second kappa shape index (κ2) is 8.83. The lowest BCUT2D eigenvalue weighted by molar-refractivity contribution is -0.898. The highest BCUT2D eigenvalue weighted by Gasteiger charge is 2.26. The number of aromatic nitrogens is 6. The van der Waals surface area contributed by atoms with Gasteiger partial charge in [-0.3, -0.25) is 13.9 Å². The van der Waals surface area contributed by atoms with E-state index in [4.69, 9.17) is 4.98 Å². The van der Waals surface area contributed by atoms with Crippen molar-refractivity contribution < 1.29 is 4.90 Å². The predicted octanol–water partition coefficient (Wildman–Crippen LogP) is -0.951. The molecule has 0 amide bonds. The van der Waals surface area contributed by atoms with Crippen LogP contribution in [-0.4, -0.2) is 67.1 Å². The fourth-order valence-corrected chi connectivity index (χ4v) is 4.79. The van der Waals surface area contributed by atoms with Crippen LogP contribution < -0.4 is 21.0 Å². The second-order valence-electron chi connectivity index (χ2n) is 7.86. The second-order valence-corrected chi connectivity index (χ2v) is 8.92. The summed E-state index contributed by atoms with van der Waals surface area (Å²) in [6, 6.07) is 1.87. The molecule has 3 aromatic rings. The highest BCUT2D eigenvalue weighted by atomic mass is 32.2. The van der Waals surface area contributed by atoms with E-state index in [2.05, 4.69) is 21.8 Å². The molecule has 1 aliphatic rings. The molecule has 0 saturated carbocycles. The molecular weight excluding hydrogens is 416 g/mol. The van der Waals surface area contributed by atoms with Crippen LogP contribution in [0.1, 0.15) is 12.6 Å². The van der Waals surface area contributed by atoms with Gasteiger partial charge in [-0.2, -0.15) is 4.98 Å². The third-order valence-corrected chi connectivity index (χ3v) is 6.74. The van der Waals surface area contributed by atoms with Gasteiger partial charge in [-0.15, -0.1) is 0 Å². The normalized spacial score (nSPS) is 15.2. The molecule has 4 rings (SSSR count). The Bertz CT molecular complexity index is 1210. The maximum atomic E-state index is 13.0. The molecule has 3 aromatic heterocycles. The first-order valence-electron chi connectivity index (χ1n) is 10.6. The molecule has 11 heteroatoms. The lowest BCUT2D eigenvalue weighted by Crippen LogP contribution is -3.14. The van der Waals surface area contributed by atoms with Gasteiger partial charge >= 0.3 is 5.69 Å². The van der Waals surface area contributed by atoms with Crippen LogP contribution in [0.4, 0.5) is 5.95 Å². The Balaban J connectivity index is 1.71. The third-order valence-electron chi connectivity index (χ3n) is 5.90. The highest BCUT2D eigenvalue weighted by molar-refractivity contribution is 7.99. The van der Waals surface area contributed by atoms with Crippen LogP contribution in [-0.2, 0) is 20.6 Å². The number of quaternary nitrogens is 1. The fourth-order valence-electron chi connectivity index (χ4n) is 3.99. The molecule has 166 valence electrons. The SMILES string of the molecule is CC[NH+]1CCN(c2nc3c(c(=O)n(C)c(=O)n3C)n2CCSc2nccc(C)n2)CC1. The maximum absolute atomic E-state index is 13.0. The summed E-state index contributed by atoms with van der Waals surface area (Å²) in [5.74, 6) is 1.45. The summed E-state index contributed by atoms with van der Waals surface area (Å²) >= 11 is 1.55. The van der Waals surface area contributed by atoms with Crippen molar-refractivity contribution in [1.82, 2.24) is 28.7 Å². The van der Waals surface area contributed by atoms with Crippen molar-refractivity contribution >= 4 is 28.9 Å². The monoisotopic (exact) mass is 445 g/mol. The first-order valence-corrected chi connectivity index (χ1v) is 11.6. The van der Waals surface area contributed by atoms with E-state index >= 15 is 0 Å². The zero-order valence-corrected chi connectivity index (χ0v) is 19.3. The lowest BCUT2D eigenvalue weighted by atomic mass is 10.3. The summed E-state index contributed by atoms with van der Waals surface area (Å²) in [7, 11) is 3.18. The van der Waals surface area contributed by atoms with Gasteiger partial charge < -0.3 is 14.4 Å². The van der Waals surface area contributed by atoms with Gasteiger partial charge in [-0.1, -0.05) is 11.8 Å². The molecule has 0 unspecified atom stereocenters. The van der Waals surface area contributed by atoms with Crippen LogP contribution in [0, 0.1) is 6.92 Å². The van der Waals surface area contributed by atoms with Crippen molar-refractivity contribution in [2.75, 3.05) is 43.4 Å². The third kappa shape index (κ3) is 4.11. The van der Waals surface area contributed by atoms with Crippen LogP contribution in [0.25, 0.3) is 11.2 Å². The first kappa shape index (κ1) is 21.6. The Kier molecular flexibility index (Phi) is 6.15. The minimum atomic E-state index is -0.364. The molecule has 1 fully saturated rings. The van der Waals surface area contributed by atoms with Crippen molar-refractivity contribution in [2.24, 2.45) is 14.1 Å². The van der Waals surface area contributed by atoms with E-state index in [0.29, 0.717) is 28.6 Å². The first-order chi connectivity index (χ1) is 14.9. The molecular formula is C20H29N8O2S+. The van der Waals surface area contributed by atoms with Crippen LogP contribution in [0.15, 0.2) is 27.0 Å². The van der Waals surface area contributed by atoms with Crippen molar-refractivity contribution in [3.05, 3.63) is 38.8 Å². The van der Waals surface area contributed by atoms with Gasteiger partial charge in [-0.25, -0.2) is 14.8 Å². The average Bonchev–Trinajstić information content (AvgIpc) is 3.16. The number of hydrogen-bond acceptors (Lipinski definition) is 7. The molecule has 10 nitrogen and oxygen atoms in total. The van der Waals surface area contributed by atoms with E-state index in [1.54, 1.807) is 29.9 Å². The predicted molar refractivity (Wildman–Crippen MR) is 121 cm³/mol. The maximum Gasteiger partial charge on any atom is 0.332 e. The number of hydrogen-bond donors (Lipinski definition) is 1. The Hall–Kier alpha value is -2.66. The Morgan fingerprint density at radius 3 is 2.55 bits per heavy atom. The van der Waals surface area contributed by atoms with Gasteiger partial charge in [0.2, 0.25) is 5.95 Å². The van der Waals surface area contributed by atoms with Gasteiger partial charge in [0.25, 0.3) is 5.56 Å². The molecule has 0 spiro atoms. The van der Waals surface area contributed by atoms with E-state index < -0.39 is 0 Å². The molecule has 31 heavy (non-hydrogen) atoms. The summed E-state index contributed by atoms with van der Waals surface area (Å²) in [6.45, 7) is 9.61. The molecule has 1 aliphatic heterocycles. The molecule has 0 radical (unpaired) electrons. The standard InChI is InChI=1S/C20H28N8O2S/c1-5-26-8-10-27(11-9-26)19-23-16-15(17(29)25(4)20(30)24(16)3)28(19)12-13-31-18-21-7-6-14(2)22-18/h6-7H,5,8-13H2,1-4H3/p+1. The number of rotatable bonds is 6. The topological polar surface area (TPSA) is 95.3 Å². The van der Waals surface area contributed by atoms with E-state index in [9.17, 15) is 9.59 Å². The molecule has 0 atom stereocenters. The minimum Gasteiger partial charge on any atom is -0.332 e. The average molecular weight is 446 g/mol. The number of thioether (sulfide) groups is 1. The van der Waals surface area contributed by atoms with Crippen LogP contribution in [0.3, 0.4) is 0 Å². The number of likely N-dealkylation sites (N-methyl/N-ethyl adjacent to an activating group) is 1. The summed E-state index contributed by atoms with van der Waals surface area (Å²) in [6.07, 6.45) is 1.75. The summed E-state index contributed by atoms with van der Waals surface area (Å²) in [5.41, 5.74) is 1.15. The zero-order valence-electron chi connectivity index (χ0n) is 18.5. The lowest BCUT2D eigenvalue weighted by Gasteiger charge is -2.32. The van der Waals surface area contributed by atoms with Crippen molar-refractivity contribution in [3.8, 4) is 0 Å². The van der Waals surface area contributed by atoms with Crippen LogP contribution in [0.5, 0.6) is 0 Å². The Morgan fingerprint density at radius 1 is 1.13 bits per heavy atom.